The molecule has 0 atom stereocenters. The van der Waals surface area contributed by atoms with E-state index in [0.29, 0.717) is 0 Å². The van der Waals surface area contributed by atoms with Gasteiger partial charge < -0.3 is 13.6 Å². The van der Waals surface area contributed by atoms with Gasteiger partial charge in [-0.1, -0.05) is 158 Å². The highest BCUT2D eigenvalue weighted by Gasteiger charge is 2.41. The molecule has 0 saturated heterocycles. The van der Waals surface area contributed by atoms with Gasteiger partial charge in [0.2, 0.25) is 0 Å². The third kappa shape index (κ3) is 4.73. The Labute approximate surface area is 336 Å². The summed E-state index contributed by atoms with van der Waals surface area (Å²) in [5, 5.41) is 12.7. The molecule has 0 bridgehead atoms. The number of nitrogens with zero attached hydrogens (tertiary/aromatic N) is 2. The molecule has 272 valence electrons. The smallest absolute Gasteiger partial charge is 0.179 e. The van der Waals surface area contributed by atoms with Gasteiger partial charge in [0.1, 0.15) is 11.2 Å². The van der Waals surface area contributed by atoms with Crippen LogP contribution in [0.25, 0.3) is 76.9 Å². The highest BCUT2D eigenvalue weighted by molar-refractivity contribution is 7.20. The first-order valence-electron chi connectivity index (χ1n) is 19.9. The van der Waals surface area contributed by atoms with Gasteiger partial charge in [0, 0.05) is 49.8 Å². The molecule has 9 aromatic carbocycles. The molecule has 0 N–H and O–H groups in total. The van der Waals surface area contributed by atoms with Crippen LogP contribution in [0.1, 0.15) is 0 Å². The first kappa shape index (κ1) is 32.8. The van der Waals surface area contributed by atoms with Crippen LogP contribution in [0, 0.1) is 0 Å². The van der Waals surface area contributed by atoms with E-state index in [9.17, 15) is 0 Å². The molecule has 3 aromatic heterocycles. The highest BCUT2D eigenvalue weighted by Crippen LogP contribution is 2.38. The third-order valence-corrected chi connectivity index (χ3v) is 17.0. The standard InChI is InChI=1S/C54H36N2OSi/c1-4-16-37(17-5-1)55-49-25-13-10-22-43(49)46-34-42(32-33-51(46)55)58(39-18-6-2-7-19-39,40-20-8-3-9-21-40)41-30-28-38(29-31-41)56-50-26-14-11-23-44(50)47-35-48-45-24-12-15-27-53(45)57-54(48)36-52(47)56/h1-36H. The lowest BCUT2D eigenvalue weighted by molar-refractivity contribution is 0.669. The first-order chi connectivity index (χ1) is 28.8. The van der Waals surface area contributed by atoms with Gasteiger partial charge in [-0.15, -0.1) is 0 Å². The van der Waals surface area contributed by atoms with Crippen LogP contribution in [0.2, 0.25) is 0 Å². The minimum Gasteiger partial charge on any atom is -0.456 e. The predicted octanol–water partition coefficient (Wildman–Crippen LogP) is 11.2. The lowest BCUT2D eigenvalue weighted by Gasteiger charge is -2.34. The number of para-hydroxylation sites is 4. The van der Waals surface area contributed by atoms with Crippen LogP contribution in [-0.2, 0) is 0 Å². The quantitative estimate of drug-likeness (QED) is 0.122. The van der Waals surface area contributed by atoms with E-state index in [1.807, 2.05) is 6.07 Å². The molecule has 12 rings (SSSR count). The molecule has 3 heterocycles. The minimum absolute atomic E-state index is 0.901. The van der Waals surface area contributed by atoms with E-state index in [0.717, 1.165) is 38.8 Å². The number of furan rings is 1. The van der Waals surface area contributed by atoms with E-state index in [4.69, 9.17) is 4.42 Å². The van der Waals surface area contributed by atoms with Gasteiger partial charge in [-0.05, 0) is 75.3 Å². The van der Waals surface area contributed by atoms with E-state index in [1.165, 1.54) is 58.8 Å². The van der Waals surface area contributed by atoms with Gasteiger partial charge in [-0.2, -0.15) is 0 Å². The van der Waals surface area contributed by atoms with Crippen molar-refractivity contribution in [2.75, 3.05) is 0 Å². The molecule has 0 aliphatic rings. The molecule has 58 heavy (non-hydrogen) atoms. The number of rotatable bonds is 6. The topological polar surface area (TPSA) is 23.0 Å². The largest absolute Gasteiger partial charge is 0.456 e. The van der Waals surface area contributed by atoms with Crippen LogP contribution < -0.4 is 20.7 Å². The van der Waals surface area contributed by atoms with Gasteiger partial charge in [-0.3, -0.25) is 0 Å². The molecule has 0 unspecified atom stereocenters. The maximum Gasteiger partial charge on any atom is 0.179 e. The molecule has 0 fully saturated rings. The number of aromatic nitrogens is 2. The summed E-state index contributed by atoms with van der Waals surface area (Å²) in [6.45, 7) is 0. The summed E-state index contributed by atoms with van der Waals surface area (Å²) < 4.78 is 11.2. The summed E-state index contributed by atoms with van der Waals surface area (Å²) in [4.78, 5) is 0. The Hall–Kier alpha value is -7.40. The normalized spacial score (nSPS) is 12.1. The summed E-state index contributed by atoms with van der Waals surface area (Å²) in [5.41, 5.74) is 8.83. The van der Waals surface area contributed by atoms with Crippen molar-refractivity contribution in [3.05, 3.63) is 218 Å². The van der Waals surface area contributed by atoms with Crippen LogP contribution in [0.15, 0.2) is 223 Å². The van der Waals surface area contributed by atoms with Gasteiger partial charge in [0.05, 0.1) is 22.1 Å². The van der Waals surface area contributed by atoms with Crippen molar-refractivity contribution in [1.29, 1.82) is 0 Å². The number of fused-ring (bicyclic) bond motifs is 9. The number of benzene rings is 9. The van der Waals surface area contributed by atoms with Crippen LogP contribution in [0.4, 0.5) is 0 Å². The van der Waals surface area contributed by atoms with Crippen molar-refractivity contribution < 1.29 is 4.42 Å². The Morgan fingerprint density at radius 2 is 0.741 bits per heavy atom. The lowest BCUT2D eigenvalue weighted by Crippen LogP contribution is -2.74. The van der Waals surface area contributed by atoms with Crippen molar-refractivity contribution in [2.24, 2.45) is 0 Å². The Balaban J connectivity index is 1.11. The van der Waals surface area contributed by atoms with Gasteiger partial charge >= 0.3 is 0 Å². The van der Waals surface area contributed by atoms with Gasteiger partial charge in [0.15, 0.2) is 8.07 Å². The van der Waals surface area contributed by atoms with Crippen molar-refractivity contribution >= 4 is 94.4 Å². The van der Waals surface area contributed by atoms with Crippen molar-refractivity contribution in [3.63, 3.8) is 0 Å². The van der Waals surface area contributed by atoms with Crippen molar-refractivity contribution in [3.8, 4) is 11.4 Å². The Morgan fingerprint density at radius 3 is 1.40 bits per heavy atom. The molecule has 0 spiro atoms. The Bertz CT molecular complexity index is 3450. The molecule has 3 nitrogen and oxygen atoms in total. The average Bonchev–Trinajstić information content (AvgIpc) is 3.94. The average molecular weight is 757 g/mol. The predicted molar refractivity (Wildman–Crippen MR) is 246 cm³/mol. The summed E-state index contributed by atoms with van der Waals surface area (Å²) in [6.07, 6.45) is 0. The molecule has 0 aliphatic carbocycles. The van der Waals surface area contributed by atoms with Gasteiger partial charge in [-0.25, -0.2) is 0 Å². The second-order valence-corrected chi connectivity index (χ2v) is 19.1. The molecule has 0 amide bonds. The van der Waals surface area contributed by atoms with Crippen LogP contribution in [-0.4, -0.2) is 17.2 Å². The second-order valence-electron chi connectivity index (χ2n) is 15.3. The fourth-order valence-electron chi connectivity index (χ4n) is 9.76. The molecule has 0 radical (unpaired) electrons. The maximum atomic E-state index is 6.43. The maximum absolute atomic E-state index is 6.43. The zero-order valence-corrected chi connectivity index (χ0v) is 32.6. The monoisotopic (exact) mass is 756 g/mol. The van der Waals surface area contributed by atoms with E-state index < -0.39 is 8.07 Å². The van der Waals surface area contributed by atoms with E-state index in [1.54, 1.807) is 0 Å². The van der Waals surface area contributed by atoms with Crippen molar-refractivity contribution in [2.45, 2.75) is 0 Å². The lowest BCUT2D eigenvalue weighted by atomic mass is 10.1. The number of hydrogen-bond acceptors (Lipinski definition) is 1. The minimum atomic E-state index is -2.88. The van der Waals surface area contributed by atoms with Gasteiger partial charge in [0.25, 0.3) is 0 Å². The fraction of sp³-hybridized carbons (Fsp3) is 0. The fourth-order valence-corrected chi connectivity index (χ4v) is 14.5. The second kappa shape index (κ2) is 12.8. The molecule has 4 heteroatoms. The van der Waals surface area contributed by atoms with E-state index >= 15 is 0 Å². The Kier molecular flexibility index (Phi) is 7.25. The molecule has 0 saturated carbocycles. The van der Waals surface area contributed by atoms with Crippen LogP contribution in [0.3, 0.4) is 0 Å². The van der Waals surface area contributed by atoms with Crippen LogP contribution in [0.5, 0.6) is 0 Å². The third-order valence-electron chi connectivity index (χ3n) is 12.3. The van der Waals surface area contributed by atoms with E-state index in [2.05, 4.69) is 221 Å². The molecular formula is C54H36N2OSi. The SMILES string of the molecule is c1ccc(-n2c3ccccc3c3cc([Si](c4ccccc4)(c4ccccc4)c4ccc(-n5c6ccccc6c6cc7c(cc65)oc5ccccc57)cc4)ccc32)cc1. The summed E-state index contributed by atoms with van der Waals surface area (Å²) >= 11 is 0. The molecular weight excluding hydrogens is 721 g/mol. The van der Waals surface area contributed by atoms with E-state index in [-0.39, 0.29) is 0 Å². The Morgan fingerprint density at radius 1 is 0.276 bits per heavy atom. The summed E-state index contributed by atoms with van der Waals surface area (Å²) in [5.74, 6) is 0. The first-order valence-corrected chi connectivity index (χ1v) is 21.9. The summed E-state index contributed by atoms with van der Waals surface area (Å²) in [7, 11) is -2.88. The molecule has 12 aromatic rings. The number of hydrogen-bond donors (Lipinski definition) is 0. The molecule has 0 aliphatic heterocycles. The highest BCUT2D eigenvalue weighted by atomic mass is 28.3. The van der Waals surface area contributed by atoms with Crippen LogP contribution >= 0.6 is 0 Å². The zero-order valence-electron chi connectivity index (χ0n) is 31.6. The zero-order chi connectivity index (χ0) is 38.2. The van der Waals surface area contributed by atoms with Crippen molar-refractivity contribution in [1.82, 2.24) is 9.13 Å². The summed E-state index contributed by atoms with van der Waals surface area (Å²) in [6, 6.07) is 80.3.